The average molecular weight is 121 g/mol. The van der Waals surface area contributed by atoms with Gasteiger partial charge in [0.1, 0.15) is 0 Å². The molecule has 2 rings (SSSR count). The van der Waals surface area contributed by atoms with Gasteiger partial charge in [-0.15, -0.1) is 0 Å². The van der Waals surface area contributed by atoms with Crippen molar-refractivity contribution in [1.82, 2.24) is 10.2 Å². The standard InChI is InChI=1S/C6H7N3/c1-2-5-4-8-9-6(5)7-3-1/h3-4H,1-2H2,(H,8,9). The van der Waals surface area contributed by atoms with Crippen LogP contribution in [0, 0.1) is 0 Å². The Hall–Kier alpha value is -1.12. The Morgan fingerprint density at radius 3 is 3.44 bits per heavy atom. The van der Waals surface area contributed by atoms with E-state index < -0.39 is 0 Å². The zero-order chi connectivity index (χ0) is 6.10. The van der Waals surface area contributed by atoms with Crippen LogP contribution in [-0.2, 0) is 6.42 Å². The van der Waals surface area contributed by atoms with Crippen LogP contribution in [0.3, 0.4) is 0 Å². The van der Waals surface area contributed by atoms with Gasteiger partial charge in [0.25, 0.3) is 0 Å². The van der Waals surface area contributed by atoms with Gasteiger partial charge in [0, 0.05) is 11.8 Å². The topological polar surface area (TPSA) is 41.0 Å². The number of aromatic nitrogens is 2. The Balaban J connectivity index is 2.53. The van der Waals surface area contributed by atoms with Crippen LogP contribution >= 0.6 is 0 Å². The number of fused-ring (bicyclic) bond motifs is 1. The number of aromatic amines is 1. The largest absolute Gasteiger partial charge is 0.261 e. The molecule has 0 atom stereocenters. The number of aryl methyl sites for hydroxylation is 1. The smallest absolute Gasteiger partial charge is 0.150 e. The minimum absolute atomic E-state index is 0.932. The maximum Gasteiger partial charge on any atom is 0.150 e. The van der Waals surface area contributed by atoms with E-state index in [9.17, 15) is 0 Å². The molecule has 1 aliphatic heterocycles. The molecule has 1 aliphatic rings. The van der Waals surface area contributed by atoms with E-state index in [-0.39, 0.29) is 0 Å². The maximum absolute atomic E-state index is 4.11. The Kier molecular flexibility index (Phi) is 0.886. The highest BCUT2D eigenvalue weighted by atomic mass is 15.2. The van der Waals surface area contributed by atoms with Crippen LogP contribution in [0.2, 0.25) is 0 Å². The van der Waals surface area contributed by atoms with E-state index in [0.29, 0.717) is 0 Å². The Morgan fingerprint density at radius 1 is 1.56 bits per heavy atom. The van der Waals surface area contributed by atoms with Crippen molar-refractivity contribution in [1.29, 1.82) is 0 Å². The molecule has 0 spiro atoms. The maximum atomic E-state index is 4.11. The molecule has 9 heavy (non-hydrogen) atoms. The summed E-state index contributed by atoms with van der Waals surface area (Å²) in [6, 6.07) is 0. The molecular formula is C6H7N3. The van der Waals surface area contributed by atoms with Crippen molar-refractivity contribution >= 4 is 12.0 Å². The summed E-state index contributed by atoms with van der Waals surface area (Å²) in [6.45, 7) is 0. The molecule has 2 heterocycles. The van der Waals surface area contributed by atoms with Gasteiger partial charge in [0.2, 0.25) is 0 Å². The van der Waals surface area contributed by atoms with Crippen LogP contribution in [0.15, 0.2) is 11.2 Å². The molecule has 3 nitrogen and oxygen atoms in total. The lowest BCUT2D eigenvalue weighted by molar-refractivity contribution is 1.02. The molecule has 0 radical (unpaired) electrons. The lowest BCUT2D eigenvalue weighted by Gasteiger charge is -1.99. The molecule has 0 fully saturated rings. The number of nitrogens with zero attached hydrogens (tertiary/aromatic N) is 2. The second-order valence-corrected chi connectivity index (χ2v) is 2.09. The van der Waals surface area contributed by atoms with E-state index in [2.05, 4.69) is 15.2 Å². The van der Waals surface area contributed by atoms with Crippen LogP contribution in [0.1, 0.15) is 12.0 Å². The Bertz CT molecular complexity index is 236. The van der Waals surface area contributed by atoms with Crippen molar-refractivity contribution in [3.8, 4) is 0 Å². The Labute approximate surface area is 52.8 Å². The molecular weight excluding hydrogens is 114 g/mol. The van der Waals surface area contributed by atoms with Crippen LogP contribution < -0.4 is 0 Å². The molecule has 1 aromatic heterocycles. The quantitative estimate of drug-likeness (QED) is 0.547. The van der Waals surface area contributed by atoms with E-state index in [1.807, 2.05) is 12.4 Å². The lowest BCUT2D eigenvalue weighted by Crippen LogP contribution is -1.89. The van der Waals surface area contributed by atoms with Crippen molar-refractivity contribution in [2.24, 2.45) is 4.99 Å². The first kappa shape index (κ1) is 4.73. The Morgan fingerprint density at radius 2 is 2.56 bits per heavy atom. The third-order valence-corrected chi connectivity index (χ3v) is 1.46. The van der Waals surface area contributed by atoms with Crippen molar-refractivity contribution in [3.63, 3.8) is 0 Å². The minimum Gasteiger partial charge on any atom is -0.261 e. The summed E-state index contributed by atoms with van der Waals surface area (Å²) in [5.41, 5.74) is 1.23. The monoisotopic (exact) mass is 121 g/mol. The zero-order valence-electron chi connectivity index (χ0n) is 4.96. The third kappa shape index (κ3) is 0.650. The van der Waals surface area contributed by atoms with E-state index in [1.165, 1.54) is 5.56 Å². The second-order valence-electron chi connectivity index (χ2n) is 2.09. The first-order valence-electron chi connectivity index (χ1n) is 3.01. The number of aliphatic imine (C=N–C) groups is 1. The van der Waals surface area contributed by atoms with Crippen molar-refractivity contribution in [2.45, 2.75) is 12.8 Å². The number of hydrogen-bond acceptors (Lipinski definition) is 2. The highest BCUT2D eigenvalue weighted by Crippen LogP contribution is 2.18. The van der Waals surface area contributed by atoms with Crippen LogP contribution in [-0.4, -0.2) is 16.4 Å². The highest BCUT2D eigenvalue weighted by Gasteiger charge is 2.04. The zero-order valence-corrected chi connectivity index (χ0v) is 4.96. The van der Waals surface area contributed by atoms with Gasteiger partial charge in [-0.25, -0.2) is 4.99 Å². The van der Waals surface area contributed by atoms with E-state index in [0.717, 1.165) is 18.7 Å². The summed E-state index contributed by atoms with van der Waals surface area (Å²) in [6.07, 6.45) is 5.88. The van der Waals surface area contributed by atoms with Gasteiger partial charge >= 0.3 is 0 Å². The van der Waals surface area contributed by atoms with E-state index in [4.69, 9.17) is 0 Å². The molecule has 0 bridgehead atoms. The van der Waals surface area contributed by atoms with Gasteiger partial charge in [-0.3, -0.25) is 5.10 Å². The van der Waals surface area contributed by atoms with E-state index >= 15 is 0 Å². The van der Waals surface area contributed by atoms with Crippen molar-refractivity contribution in [2.75, 3.05) is 0 Å². The summed E-state index contributed by atoms with van der Waals surface area (Å²) in [5, 5.41) is 6.67. The lowest BCUT2D eigenvalue weighted by atomic mass is 10.1. The average Bonchev–Trinajstić information content (AvgIpc) is 2.33. The summed E-state index contributed by atoms with van der Waals surface area (Å²) in [5.74, 6) is 0.932. The normalized spacial score (nSPS) is 15.6. The molecule has 1 N–H and O–H groups in total. The van der Waals surface area contributed by atoms with Crippen molar-refractivity contribution < 1.29 is 0 Å². The number of H-pyrrole nitrogens is 1. The summed E-state index contributed by atoms with van der Waals surface area (Å²) in [4.78, 5) is 4.11. The number of nitrogens with one attached hydrogen (secondary N) is 1. The summed E-state index contributed by atoms with van der Waals surface area (Å²) < 4.78 is 0. The highest BCUT2D eigenvalue weighted by molar-refractivity contribution is 5.66. The van der Waals surface area contributed by atoms with Crippen molar-refractivity contribution in [3.05, 3.63) is 11.8 Å². The minimum atomic E-state index is 0.932. The van der Waals surface area contributed by atoms with Crippen LogP contribution in [0.4, 0.5) is 5.82 Å². The molecule has 0 aromatic carbocycles. The fourth-order valence-electron chi connectivity index (χ4n) is 0.975. The first-order valence-corrected chi connectivity index (χ1v) is 3.01. The summed E-state index contributed by atoms with van der Waals surface area (Å²) in [7, 11) is 0. The van der Waals surface area contributed by atoms with Gasteiger partial charge in [-0.05, 0) is 12.8 Å². The molecule has 3 heteroatoms. The second kappa shape index (κ2) is 1.69. The SMILES string of the molecule is C1=Nc2[nH]ncc2CC1. The molecule has 1 aromatic rings. The first-order chi connectivity index (χ1) is 4.47. The predicted molar refractivity (Wildman–Crippen MR) is 35.1 cm³/mol. The van der Waals surface area contributed by atoms with Gasteiger partial charge in [-0.2, -0.15) is 5.10 Å². The fourth-order valence-corrected chi connectivity index (χ4v) is 0.975. The van der Waals surface area contributed by atoms with Crippen LogP contribution in [0.25, 0.3) is 0 Å². The number of hydrogen-bond donors (Lipinski definition) is 1. The van der Waals surface area contributed by atoms with Gasteiger partial charge < -0.3 is 0 Å². The predicted octanol–water partition coefficient (Wildman–Crippen LogP) is 1.06. The molecule has 0 unspecified atom stereocenters. The molecule has 0 saturated heterocycles. The summed E-state index contributed by atoms with van der Waals surface area (Å²) >= 11 is 0. The van der Waals surface area contributed by atoms with Crippen LogP contribution in [0.5, 0.6) is 0 Å². The van der Waals surface area contributed by atoms with E-state index in [1.54, 1.807) is 0 Å². The molecule has 0 aliphatic carbocycles. The molecule has 0 amide bonds. The fraction of sp³-hybridized carbons (Fsp3) is 0.333. The van der Waals surface area contributed by atoms with Gasteiger partial charge in [0.15, 0.2) is 5.82 Å². The molecule has 0 saturated carbocycles. The van der Waals surface area contributed by atoms with Gasteiger partial charge in [-0.1, -0.05) is 0 Å². The van der Waals surface area contributed by atoms with Gasteiger partial charge in [0.05, 0.1) is 6.20 Å². The molecule has 46 valence electrons. The third-order valence-electron chi connectivity index (χ3n) is 1.46. The number of rotatable bonds is 0.